The Morgan fingerprint density at radius 3 is 2.47 bits per heavy atom. The highest BCUT2D eigenvalue weighted by molar-refractivity contribution is 5.97. The molecule has 0 aromatic carbocycles. The van der Waals surface area contributed by atoms with E-state index in [0.29, 0.717) is 26.0 Å². The van der Waals surface area contributed by atoms with Gasteiger partial charge in [0.25, 0.3) is 0 Å². The smallest absolute Gasteiger partial charge is 0.229 e. The van der Waals surface area contributed by atoms with Crippen molar-refractivity contribution >= 4 is 11.8 Å². The van der Waals surface area contributed by atoms with Crippen LogP contribution in [0.1, 0.15) is 19.8 Å². The van der Waals surface area contributed by atoms with Gasteiger partial charge in [0.15, 0.2) is 0 Å². The van der Waals surface area contributed by atoms with Crippen molar-refractivity contribution in [1.82, 2.24) is 4.90 Å². The zero-order chi connectivity index (χ0) is 11.3. The molecular weight excluding hydrogens is 198 g/mol. The highest BCUT2D eigenvalue weighted by Crippen LogP contribution is 2.18. The van der Waals surface area contributed by atoms with Crippen LogP contribution in [0.2, 0.25) is 0 Å². The largest absolute Gasteiger partial charge is 0.394 e. The van der Waals surface area contributed by atoms with Crippen molar-refractivity contribution in [3.63, 3.8) is 0 Å². The van der Waals surface area contributed by atoms with E-state index in [2.05, 4.69) is 0 Å². The van der Waals surface area contributed by atoms with Crippen LogP contribution in [-0.4, -0.2) is 48.2 Å². The number of nitrogens with zero attached hydrogens (tertiary/aromatic N) is 1. The van der Waals surface area contributed by atoms with Gasteiger partial charge in [-0.05, 0) is 5.92 Å². The third-order valence-electron chi connectivity index (χ3n) is 2.34. The summed E-state index contributed by atoms with van der Waals surface area (Å²) in [6, 6.07) is 0. The van der Waals surface area contributed by atoms with Crippen LogP contribution in [-0.2, 0) is 14.3 Å². The highest BCUT2D eigenvalue weighted by Gasteiger charge is 2.29. The van der Waals surface area contributed by atoms with Crippen LogP contribution in [0.15, 0.2) is 0 Å². The lowest BCUT2D eigenvalue weighted by molar-refractivity contribution is -0.150. The summed E-state index contributed by atoms with van der Waals surface area (Å²) in [4.78, 5) is 24.2. The average Bonchev–Trinajstić information content (AvgIpc) is 2.15. The van der Waals surface area contributed by atoms with E-state index >= 15 is 0 Å². The third-order valence-corrected chi connectivity index (χ3v) is 2.34. The second-order valence-electron chi connectivity index (χ2n) is 3.79. The van der Waals surface area contributed by atoms with Crippen molar-refractivity contribution in [2.75, 3.05) is 26.4 Å². The van der Waals surface area contributed by atoms with Gasteiger partial charge in [-0.25, -0.2) is 0 Å². The van der Waals surface area contributed by atoms with Gasteiger partial charge in [0.05, 0.1) is 26.4 Å². The molecular formula is C10H17NO4. The number of amides is 2. The van der Waals surface area contributed by atoms with Crippen LogP contribution in [0, 0.1) is 5.92 Å². The zero-order valence-electron chi connectivity index (χ0n) is 8.94. The number of likely N-dealkylation sites (tertiary alicyclic amines) is 1. The molecule has 15 heavy (non-hydrogen) atoms. The molecule has 5 heteroatoms. The molecule has 0 spiro atoms. The summed E-state index contributed by atoms with van der Waals surface area (Å²) in [5.74, 6) is -0.0858. The van der Waals surface area contributed by atoms with E-state index in [9.17, 15) is 9.59 Å². The lowest BCUT2D eigenvalue weighted by Crippen LogP contribution is -2.44. The molecule has 0 aromatic rings. The third kappa shape index (κ3) is 3.60. The molecule has 0 unspecified atom stereocenters. The number of aliphatic hydroxyl groups excluding tert-OH is 1. The SMILES string of the molecule is CC1CC(=O)N(CCOCCO)C(=O)C1. The van der Waals surface area contributed by atoms with Crippen molar-refractivity contribution in [2.45, 2.75) is 19.8 Å². The molecule has 1 heterocycles. The predicted molar refractivity (Wildman–Crippen MR) is 53.0 cm³/mol. The van der Waals surface area contributed by atoms with E-state index in [0.717, 1.165) is 0 Å². The molecule has 0 saturated carbocycles. The van der Waals surface area contributed by atoms with E-state index in [1.54, 1.807) is 0 Å². The average molecular weight is 215 g/mol. The second kappa shape index (κ2) is 5.82. The lowest BCUT2D eigenvalue weighted by atomic mass is 9.98. The molecule has 0 atom stereocenters. The number of rotatable bonds is 5. The molecule has 2 amide bonds. The molecule has 1 saturated heterocycles. The Hall–Kier alpha value is -0.940. The minimum absolute atomic E-state index is 0.0427. The minimum atomic E-state index is -0.119. The summed E-state index contributed by atoms with van der Waals surface area (Å²) in [6.07, 6.45) is 0.872. The quantitative estimate of drug-likeness (QED) is 0.508. The van der Waals surface area contributed by atoms with Crippen LogP contribution in [0.5, 0.6) is 0 Å². The minimum Gasteiger partial charge on any atom is -0.394 e. The van der Waals surface area contributed by atoms with E-state index in [1.165, 1.54) is 4.90 Å². The summed E-state index contributed by atoms with van der Waals surface area (Å²) >= 11 is 0. The van der Waals surface area contributed by atoms with Gasteiger partial charge in [-0.2, -0.15) is 0 Å². The molecule has 1 aliphatic rings. The first-order chi connectivity index (χ1) is 7.15. The Morgan fingerprint density at radius 1 is 1.33 bits per heavy atom. The number of aliphatic hydroxyl groups is 1. The Kier molecular flexibility index (Phi) is 4.71. The van der Waals surface area contributed by atoms with Crippen molar-refractivity contribution in [2.24, 2.45) is 5.92 Å². The molecule has 0 radical (unpaired) electrons. The van der Waals surface area contributed by atoms with Gasteiger partial charge >= 0.3 is 0 Å². The number of carbonyl (C=O) groups is 2. The first kappa shape index (κ1) is 12.1. The van der Waals surface area contributed by atoms with Gasteiger partial charge in [0.2, 0.25) is 11.8 Å². The number of imide groups is 1. The van der Waals surface area contributed by atoms with Gasteiger partial charge in [0.1, 0.15) is 0 Å². The molecule has 1 N–H and O–H groups in total. The molecule has 0 bridgehead atoms. The topological polar surface area (TPSA) is 66.8 Å². The van der Waals surface area contributed by atoms with Crippen LogP contribution < -0.4 is 0 Å². The van der Waals surface area contributed by atoms with Gasteiger partial charge in [-0.15, -0.1) is 0 Å². The lowest BCUT2D eigenvalue weighted by Gasteiger charge is -2.28. The first-order valence-corrected chi connectivity index (χ1v) is 5.17. The first-order valence-electron chi connectivity index (χ1n) is 5.17. The van der Waals surface area contributed by atoms with E-state index < -0.39 is 0 Å². The van der Waals surface area contributed by atoms with E-state index in [4.69, 9.17) is 9.84 Å². The molecule has 1 rings (SSSR count). The molecule has 5 nitrogen and oxygen atoms in total. The Labute approximate surface area is 89.0 Å². The van der Waals surface area contributed by atoms with Crippen LogP contribution >= 0.6 is 0 Å². The summed E-state index contributed by atoms with van der Waals surface area (Å²) in [5, 5.41) is 8.47. The normalized spacial score (nSPS) is 18.7. The Balaban J connectivity index is 2.33. The number of carbonyl (C=O) groups excluding carboxylic acids is 2. The van der Waals surface area contributed by atoms with Crippen LogP contribution in [0.4, 0.5) is 0 Å². The maximum Gasteiger partial charge on any atom is 0.229 e. The summed E-state index contributed by atoms with van der Waals surface area (Å²) in [6.45, 7) is 2.69. The molecule has 1 fully saturated rings. The zero-order valence-corrected chi connectivity index (χ0v) is 8.94. The van der Waals surface area contributed by atoms with Crippen LogP contribution in [0.3, 0.4) is 0 Å². The van der Waals surface area contributed by atoms with E-state index in [1.807, 2.05) is 6.92 Å². The summed E-state index contributed by atoms with van der Waals surface area (Å²) in [5.41, 5.74) is 0. The van der Waals surface area contributed by atoms with Crippen molar-refractivity contribution < 1.29 is 19.4 Å². The summed E-state index contributed by atoms with van der Waals surface area (Å²) < 4.78 is 5.01. The number of piperidine rings is 1. The van der Waals surface area contributed by atoms with Gasteiger partial charge in [0, 0.05) is 12.8 Å². The molecule has 0 aromatic heterocycles. The van der Waals surface area contributed by atoms with Crippen LogP contribution in [0.25, 0.3) is 0 Å². The fourth-order valence-corrected chi connectivity index (χ4v) is 1.60. The van der Waals surface area contributed by atoms with Gasteiger partial charge in [-0.3, -0.25) is 14.5 Å². The summed E-state index contributed by atoms with van der Waals surface area (Å²) in [7, 11) is 0. The van der Waals surface area contributed by atoms with Gasteiger partial charge in [-0.1, -0.05) is 6.92 Å². The number of hydrogen-bond donors (Lipinski definition) is 1. The molecule has 1 aliphatic heterocycles. The second-order valence-corrected chi connectivity index (χ2v) is 3.79. The monoisotopic (exact) mass is 215 g/mol. The maximum atomic E-state index is 11.5. The molecule has 0 aliphatic carbocycles. The fourth-order valence-electron chi connectivity index (χ4n) is 1.60. The van der Waals surface area contributed by atoms with Crippen molar-refractivity contribution in [1.29, 1.82) is 0 Å². The van der Waals surface area contributed by atoms with Crippen molar-refractivity contribution in [3.8, 4) is 0 Å². The van der Waals surface area contributed by atoms with E-state index in [-0.39, 0.29) is 30.9 Å². The fraction of sp³-hybridized carbons (Fsp3) is 0.800. The van der Waals surface area contributed by atoms with Gasteiger partial charge < -0.3 is 9.84 Å². The highest BCUT2D eigenvalue weighted by atomic mass is 16.5. The number of hydrogen-bond acceptors (Lipinski definition) is 4. The predicted octanol–water partition coefficient (Wildman–Crippen LogP) is -0.220. The standard InChI is InChI=1S/C10H17NO4/c1-8-6-9(13)11(10(14)7-8)2-4-15-5-3-12/h8,12H,2-7H2,1H3. The Morgan fingerprint density at radius 2 is 1.93 bits per heavy atom. The Bertz CT molecular complexity index is 224. The molecule has 86 valence electrons. The number of ether oxygens (including phenoxy) is 1. The van der Waals surface area contributed by atoms with Crippen molar-refractivity contribution in [3.05, 3.63) is 0 Å². The maximum absolute atomic E-state index is 11.5.